The van der Waals surface area contributed by atoms with Gasteiger partial charge in [0.15, 0.2) is 5.58 Å². The SMILES string of the molecule is CCNC(=O)[C@H](C)NC(=O)Cn1c(=O)oc2cc(Cl)ccc21. The maximum Gasteiger partial charge on any atom is 0.420 e. The standard InChI is InChI=1S/C14H16ClN3O4/c1-3-16-13(20)8(2)17-12(19)7-18-10-5-4-9(15)6-11(10)22-14(18)21/h4-6,8H,3,7H2,1-2H3,(H,16,20)(H,17,19)/t8-/m0/s1. The highest BCUT2D eigenvalue weighted by Crippen LogP contribution is 2.18. The Morgan fingerprint density at radius 2 is 2.14 bits per heavy atom. The van der Waals surface area contributed by atoms with Crippen molar-refractivity contribution >= 4 is 34.5 Å². The van der Waals surface area contributed by atoms with E-state index >= 15 is 0 Å². The number of halogens is 1. The van der Waals surface area contributed by atoms with Crippen LogP contribution in [0, 0.1) is 0 Å². The minimum absolute atomic E-state index is 0.239. The predicted molar refractivity (Wildman–Crippen MR) is 81.8 cm³/mol. The molecule has 2 amide bonds. The first kappa shape index (κ1) is 16.1. The molecule has 0 saturated heterocycles. The van der Waals surface area contributed by atoms with Gasteiger partial charge in [0.25, 0.3) is 0 Å². The molecule has 0 aliphatic heterocycles. The number of carbonyl (C=O) groups excluding carboxylic acids is 2. The fraction of sp³-hybridized carbons (Fsp3) is 0.357. The van der Waals surface area contributed by atoms with Gasteiger partial charge >= 0.3 is 5.76 Å². The number of nitrogens with one attached hydrogen (secondary N) is 2. The Bertz CT molecular complexity index is 765. The van der Waals surface area contributed by atoms with Gasteiger partial charge < -0.3 is 15.1 Å². The van der Waals surface area contributed by atoms with Crippen molar-refractivity contribution in [2.75, 3.05) is 6.54 Å². The zero-order valence-electron chi connectivity index (χ0n) is 12.2. The van der Waals surface area contributed by atoms with E-state index < -0.39 is 17.7 Å². The second-order valence-electron chi connectivity index (χ2n) is 4.75. The lowest BCUT2D eigenvalue weighted by atomic mass is 10.3. The molecular formula is C14H16ClN3O4. The number of rotatable bonds is 5. The third-order valence-electron chi connectivity index (χ3n) is 3.05. The number of carbonyl (C=O) groups is 2. The second-order valence-corrected chi connectivity index (χ2v) is 5.19. The van der Waals surface area contributed by atoms with Crippen LogP contribution in [-0.2, 0) is 16.1 Å². The molecule has 1 atom stereocenters. The summed E-state index contributed by atoms with van der Waals surface area (Å²) >= 11 is 5.82. The van der Waals surface area contributed by atoms with Crippen LogP contribution in [0.25, 0.3) is 11.1 Å². The van der Waals surface area contributed by atoms with Crippen LogP contribution < -0.4 is 16.4 Å². The van der Waals surface area contributed by atoms with Crippen LogP contribution >= 0.6 is 11.6 Å². The van der Waals surface area contributed by atoms with E-state index in [-0.39, 0.29) is 12.5 Å². The summed E-state index contributed by atoms with van der Waals surface area (Å²) in [6, 6.07) is 4.02. The number of hydrogen-bond acceptors (Lipinski definition) is 4. The molecule has 0 aliphatic rings. The van der Waals surface area contributed by atoms with Crippen molar-refractivity contribution in [1.82, 2.24) is 15.2 Å². The zero-order valence-corrected chi connectivity index (χ0v) is 12.9. The molecule has 0 fully saturated rings. The number of benzene rings is 1. The normalized spacial score (nSPS) is 12.1. The third kappa shape index (κ3) is 3.48. The maximum absolute atomic E-state index is 12.0. The van der Waals surface area contributed by atoms with Gasteiger partial charge in [-0.3, -0.25) is 14.2 Å². The van der Waals surface area contributed by atoms with Crippen molar-refractivity contribution < 1.29 is 14.0 Å². The Morgan fingerprint density at radius 1 is 1.41 bits per heavy atom. The molecule has 2 rings (SSSR count). The quantitative estimate of drug-likeness (QED) is 0.853. The van der Waals surface area contributed by atoms with E-state index in [0.29, 0.717) is 22.7 Å². The predicted octanol–water partition coefficient (Wildman–Crippen LogP) is 0.889. The summed E-state index contributed by atoms with van der Waals surface area (Å²) in [5, 5.41) is 5.56. The minimum atomic E-state index is -0.684. The molecule has 22 heavy (non-hydrogen) atoms. The lowest BCUT2D eigenvalue weighted by Crippen LogP contribution is -2.46. The molecule has 8 heteroatoms. The van der Waals surface area contributed by atoms with Crippen LogP contribution in [0.3, 0.4) is 0 Å². The monoisotopic (exact) mass is 325 g/mol. The number of hydrogen-bond donors (Lipinski definition) is 2. The summed E-state index contributed by atoms with van der Waals surface area (Å²) < 4.78 is 6.22. The van der Waals surface area contributed by atoms with Crippen LogP contribution in [0.4, 0.5) is 0 Å². The molecule has 7 nitrogen and oxygen atoms in total. The average molecular weight is 326 g/mol. The van der Waals surface area contributed by atoms with E-state index in [1.165, 1.54) is 10.6 Å². The molecule has 2 aromatic rings. The maximum atomic E-state index is 12.0. The Labute approximate surface area is 131 Å². The summed E-state index contributed by atoms with van der Waals surface area (Å²) in [5.41, 5.74) is 0.775. The van der Waals surface area contributed by atoms with Crippen molar-refractivity contribution in [3.63, 3.8) is 0 Å². The molecule has 0 radical (unpaired) electrons. The molecule has 0 aliphatic carbocycles. The highest BCUT2D eigenvalue weighted by atomic mass is 35.5. The fourth-order valence-electron chi connectivity index (χ4n) is 2.01. The van der Waals surface area contributed by atoms with E-state index in [0.717, 1.165) is 0 Å². The smallest absolute Gasteiger partial charge is 0.408 e. The zero-order chi connectivity index (χ0) is 16.3. The first-order valence-corrected chi connectivity index (χ1v) is 7.16. The number of amides is 2. The molecule has 0 saturated carbocycles. The molecule has 118 valence electrons. The van der Waals surface area contributed by atoms with E-state index in [2.05, 4.69) is 10.6 Å². The number of fused-ring (bicyclic) bond motifs is 1. The Kier molecular flexibility index (Phi) is 4.87. The van der Waals surface area contributed by atoms with Crippen LogP contribution in [-0.4, -0.2) is 29.0 Å². The highest BCUT2D eigenvalue weighted by molar-refractivity contribution is 6.31. The van der Waals surface area contributed by atoms with Crippen molar-refractivity contribution in [2.45, 2.75) is 26.4 Å². The summed E-state index contributed by atoms with van der Waals surface area (Å²) in [5.74, 6) is -1.40. The van der Waals surface area contributed by atoms with Gasteiger partial charge in [-0.1, -0.05) is 11.6 Å². The molecule has 1 heterocycles. The van der Waals surface area contributed by atoms with Gasteiger partial charge in [-0.2, -0.15) is 0 Å². The molecule has 1 aromatic heterocycles. The van der Waals surface area contributed by atoms with Gasteiger partial charge in [0.2, 0.25) is 11.8 Å². The molecule has 0 spiro atoms. The van der Waals surface area contributed by atoms with Crippen LogP contribution in [0.15, 0.2) is 27.4 Å². The number of likely N-dealkylation sites (N-methyl/N-ethyl adjacent to an activating group) is 1. The van der Waals surface area contributed by atoms with Crippen molar-refractivity contribution in [3.05, 3.63) is 33.8 Å². The Morgan fingerprint density at radius 3 is 2.82 bits per heavy atom. The van der Waals surface area contributed by atoms with Gasteiger partial charge in [0, 0.05) is 17.6 Å². The second kappa shape index (κ2) is 6.65. The lowest BCUT2D eigenvalue weighted by molar-refractivity contribution is -0.128. The van der Waals surface area contributed by atoms with Crippen LogP contribution in [0.5, 0.6) is 0 Å². The highest BCUT2D eigenvalue weighted by Gasteiger charge is 2.17. The third-order valence-corrected chi connectivity index (χ3v) is 3.29. The number of oxazole rings is 1. The largest absolute Gasteiger partial charge is 0.420 e. The van der Waals surface area contributed by atoms with Gasteiger partial charge in [-0.05, 0) is 26.0 Å². The topological polar surface area (TPSA) is 93.3 Å². The first-order chi connectivity index (χ1) is 10.4. The molecule has 0 bridgehead atoms. The average Bonchev–Trinajstić information content (AvgIpc) is 2.74. The van der Waals surface area contributed by atoms with Crippen LogP contribution in [0.1, 0.15) is 13.8 Å². The van der Waals surface area contributed by atoms with Crippen molar-refractivity contribution in [3.8, 4) is 0 Å². The van der Waals surface area contributed by atoms with Crippen molar-refractivity contribution in [2.24, 2.45) is 0 Å². The molecule has 1 aromatic carbocycles. The molecule has 2 N–H and O–H groups in total. The summed E-state index contributed by atoms with van der Waals surface area (Å²) in [6.45, 7) is 3.59. The van der Waals surface area contributed by atoms with E-state index in [9.17, 15) is 14.4 Å². The lowest BCUT2D eigenvalue weighted by Gasteiger charge is -2.13. The number of nitrogens with zero attached hydrogens (tertiary/aromatic N) is 1. The molecular weight excluding hydrogens is 310 g/mol. The fourth-order valence-corrected chi connectivity index (χ4v) is 2.18. The van der Waals surface area contributed by atoms with Crippen molar-refractivity contribution in [1.29, 1.82) is 0 Å². The van der Waals surface area contributed by atoms with E-state index in [4.69, 9.17) is 16.0 Å². The number of aromatic nitrogens is 1. The van der Waals surface area contributed by atoms with E-state index in [1.54, 1.807) is 26.0 Å². The summed E-state index contributed by atoms with van der Waals surface area (Å²) in [7, 11) is 0. The minimum Gasteiger partial charge on any atom is -0.408 e. The van der Waals surface area contributed by atoms with Crippen LogP contribution in [0.2, 0.25) is 5.02 Å². The van der Waals surface area contributed by atoms with E-state index in [1.807, 2.05) is 0 Å². The molecule has 0 unspecified atom stereocenters. The first-order valence-electron chi connectivity index (χ1n) is 6.78. The summed E-state index contributed by atoms with van der Waals surface area (Å²) in [6.07, 6.45) is 0. The Hall–Kier alpha value is -2.28. The summed E-state index contributed by atoms with van der Waals surface area (Å²) in [4.78, 5) is 35.3. The van der Waals surface area contributed by atoms with Gasteiger partial charge in [0.05, 0.1) is 5.52 Å². The Balaban J connectivity index is 2.14. The van der Waals surface area contributed by atoms with Gasteiger partial charge in [-0.15, -0.1) is 0 Å². The van der Waals surface area contributed by atoms with Gasteiger partial charge in [-0.25, -0.2) is 4.79 Å². The van der Waals surface area contributed by atoms with Gasteiger partial charge in [0.1, 0.15) is 12.6 Å².